The van der Waals surface area contributed by atoms with Crippen LogP contribution in [0.4, 0.5) is 0 Å². The van der Waals surface area contributed by atoms with E-state index in [1.165, 1.54) is 0 Å². The Hall–Kier alpha value is -3.28. The first-order chi connectivity index (χ1) is 12.7. The minimum absolute atomic E-state index is 0.128. The highest BCUT2D eigenvalue weighted by molar-refractivity contribution is 6.37. The fraction of sp³-hybridized carbons (Fsp3) is 0.200. The van der Waals surface area contributed by atoms with Crippen molar-refractivity contribution < 1.29 is 9.59 Å². The molecule has 0 spiro atoms. The molecule has 3 aliphatic rings. The van der Waals surface area contributed by atoms with Crippen LogP contribution >= 0.6 is 0 Å². The molecule has 0 aromatic heterocycles. The maximum absolute atomic E-state index is 12.9. The monoisotopic (exact) mass is 348 g/mol. The van der Waals surface area contributed by atoms with Crippen LogP contribution in [-0.4, -0.2) is 37.1 Å². The van der Waals surface area contributed by atoms with E-state index in [9.17, 15) is 9.59 Å². The molecule has 0 aromatic carbocycles. The van der Waals surface area contributed by atoms with Crippen molar-refractivity contribution in [1.29, 1.82) is 0 Å². The van der Waals surface area contributed by atoms with Crippen LogP contribution in [-0.2, 0) is 9.59 Å². The Kier molecular flexibility index (Phi) is 5.22. The summed E-state index contributed by atoms with van der Waals surface area (Å²) in [6.45, 7) is 0. The molecule has 1 fully saturated rings. The van der Waals surface area contributed by atoms with Gasteiger partial charge in [0.1, 0.15) is 0 Å². The van der Waals surface area contributed by atoms with E-state index in [1.54, 1.807) is 63.2 Å². The van der Waals surface area contributed by atoms with E-state index in [2.05, 4.69) is 20.6 Å². The van der Waals surface area contributed by atoms with E-state index in [-0.39, 0.29) is 11.6 Å². The second-order valence-electron chi connectivity index (χ2n) is 5.87. The maximum atomic E-state index is 12.9. The lowest BCUT2D eigenvalue weighted by Crippen LogP contribution is -2.29. The molecule has 0 bridgehead atoms. The van der Waals surface area contributed by atoms with Crippen LogP contribution < -0.4 is 10.6 Å². The normalized spacial score (nSPS) is 22.8. The summed E-state index contributed by atoms with van der Waals surface area (Å²) in [6, 6.07) is 0. The second kappa shape index (κ2) is 7.74. The van der Waals surface area contributed by atoms with Gasteiger partial charge in [0, 0.05) is 85.5 Å². The first-order valence-electron chi connectivity index (χ1n) is 8.37. The van der Waals surface area contributed by atoms with Gasteiger partial charge in [-0.15, -0.1) is 0 Å². The summed E-state index contributed by atoms with van der Waals surface area (Å²) >= 11 is 0. The van der Waals surface area contributed by atoms with Gasteiger partial charge in [0.2, 0.25) is 0 Å². The largest absolute Gasteiger partial charge is 0.393 e. The van der Waals surface area contributed by atoms with E-state index in [4.69, 9.17) is 0 Å². The number of nitrogens with zero attached hydrogens (tertiary/aromatic N) is 2. The number of Topliss-reactive ketones (excluding diaryl/α,β-unsaturated/α-hetero) is 2. The van der Waals surface area contributed by atoms with Gasteiger partial charge in [0.25, 0.3) is 0 Å². The lowest BCUT2D eigenvalue weighted by Gasteiger charge is -2.26. The third kappa shape index (κ3) is 3.39. The highest BCUT2D eigenvalue weighted by atomic mass is 16.1. The number of ketones is 2. The Labute approximate surface area is 152 Å². The number of aliphatic imine (C=N–C) groups is 2. The second-order valence-corrected chi connectivity index (χ2v) is 5.87. The van der Waals surface area contributed by atoms with E-state index >= 15 is 0 Å². The smallest absolute Gasteiger partial charge is 0.194 e. The number of allylic oxidation sites excluding steroid dienone is 8. The van der Waals surface area contributed by atoms with Crippen molar-refractivity contribution in [2.24, 2.45) is 9.98 Å². The molecule has 3 rings (SSSR count). The van der Waals surface area contributed by atoms with Crippen LogP contribution in [0.15, 0.2) is 81.4 Å². The van der Waals surface area contributed by atoms with Gasteiger partial charge in [-0.3, -0.25) is 19.6 Å². The first-order valence-corrected chi connectivity index (χ1v) is 8.37. The summed E-state index contributed by atoms with van der Waals surface area (Å²) in [7, 11) is 3.57. The number of carbonyl (C=O) groups is 2. The van der Waals surface area contributed by atoms with Crippen molar-refractivity contribution in [3.63, 3.8) is 0 Å². The van der Waals surface area contributed by atoms with Crippen molar-refractivity contribution in [2.45, 2.75) is 12.8 Å². The SMILES string of the molecule is CNC=CN=C1C=C2C(=O)C3=CCC(=NC=CNC)C=C3C(=O)C2=CC1. The maximum Gasteiger partial charge on any atom is 0.194 e. The number of hydrogen-bond acceptors (Lipinski definition) is 6. The van der Waals surface area contributed by atoms with Crippen LogP contribution in [0.5, 0.6) is 0 Å². The summed E-state index contributed by atoms with van der Waals surface area (Å²) in [5, 5.41) is 5.72. The molecule has 0 radical (unpaired) electrons. The van der Waals surface area contributed by atoms with Gasteiger partial charge in [-0.25, -0.2) is 0 Å². The van der Waals surface area contributed by atoms with Gasteiger partial charge in [0.15, 0.2) is 11.6 Å². The van der Waals surface area contributed by atoms with Gasteiger partial charge in [-0.05, 0) is 12.2 Å². The van der Waals surface area contributed by atoms with Gasteiger partial charge >= 0.3 is 0 Å². The number of nitrogens with one attached hydrogen (secondary N) is 2. The molecular formula is C20H20N4O2. The first kappa shape index (κ1) is 17.5. The van der Waals surface area contributed by atoms with Crippen molar-refractivity contribution in [1.82, 2.24) is 10.6 Å². The molecule has 1 saturated carbocycles. The average Bonchev–Trinajstić information content (AvgIpc) is 2.66. The minimum atomic E-state index is -0.128. The fourth-order valence-corrected chi connectivity index (χ4v) is 2.93. The van der Waals surface area contributed by atoms with Crippen molar-refractivity contribution in [3.05, 3.63) is 71.4 Å². The number of hydrogen-bond donors (Lipinski definition) is 2. The van der Waals surface area contributed by atoms with Crippen LogP contribution in [0.3, 0.4) is 0 Å². The Morgan fingerprint density at radius 1 is 0.769 bits per heavy atom. The molecule has 0 atom stereocenters. The Balaban J connectivity index is 1.94. The zero-order valence-electron chi connectivity index (χ0n) is 14.7. The average molecular weight is 348 g/mol. The van der Waals surface area contributed by atoms with Crippen molar-refractivity contribution >= 4 is 23.0 Å². The van der Waals surface area contributed by atoms with Crippen LogP contribution in [0.2, 0.25) is 0 Å². The van der Waals surface area contributed by atoms with E-state index in [1.807, 2.05) is 0 Å². The number of carbonyl (C=O) groups excluding carboxylic acids is 2. The zero-order chi connectivity index (χ0) is 18.5. The Morgan fingerprint density at radius 3 is 1.58 bits per heavy atom. The van der Waals surface area contributed by atoms with Gasteiger partial charge < -0.3 is 10.6 Å². The third-order valence-electron chi connectivity index (χ3n) is 4.17. The summed E-state index contributed by atoms with van der Waals surface area (Å²) in [6.07, 6.45) is 14.7. The molecule has 6 heteroatoms. The van der Waals surface area contributed by atoms with Gasteiger partial charge in [-0.1, -0.05) is 12.2 Å². The van der Waals surface area contributed by atoms with Crippen molar-refractivity contribution in [2.75, 3.05) is 14.1 Å². The summed E-state index contributed by atoms with van der Waals surface area (Å²) in [5.41, 5.74) is 3.27. The lowest BCUT2D eigenvalue weighted by molar-refractivity contribution is -0.117. The summed E-state index contributed by atoms with van der Waals surface area (Å²) < 4.78 is 0. The number of rotatable bonds is 4. The summed E-state index contributed by atoms with van der Waals surface area (Å²) in [4.78, 5) is 34.3. The predicted molar refractivity (Wildman–Crippen MR) is 103 cm³/mol. The molecule has 0 amide bonds. The minimum Gasteiger partial charge on any atom is -0.393 e. The molecule has 2 N–H and O–H groups in total. The van der Waals surface area contributed by atoms with Crippen LogP contribution in [0.25, 0.3) is 0 Å². The third-order valence-corrected chi connectivity index (χ3v) is 4.17. The van der Waals surface area contributed by atoms with E-state index in [0.717, 1.165) is 11.4 Å². The predicted octanol–water partition coefficient (Wildman–Crippen LogP) is 1.91. The molecule has 0 aromatic rings. The summed E-state index contributed by atoms with van der Waals surface area (Å²) in [5.74, 6) is -0.256. The molecule has 0 aliphatic heterocycles. The van der Waals surface area contributed by atoms with Gasteiger partial charge in [0.05, 0.1) is 0 Å². The zero-order valence-corrected chi connectivity index (χ0v) is 14.7. The standard InChI is InChI=1S/C20H20N4O2/c1-21-7-9-23-13-3-5-15-17(11-13)19(25)16-6-4-14(24-10-8-22-2)12-18(16)20(15)26/h5-12,21-22H,3-4H2,1-2H3. The fourth-order valence-electron chi connectivity index (χ4n) is 2.93. The lowest BCUT2D eigenvalue weighted by atomic mass is 9.75. The number of fused-ring (bicyclic) bond motifs is 2. The molecule has 6 nitrogen and oxygen atoms in total. The van der Waals surface area contributed by atoms with E-state index < -0.39 is 0 Å². The molecule has 0 saturated heterocycles. The molecular weight excluding hydrogens is 328 g/mol. The molecule has 0 heterocycles. The van der Waals surface area contributed by atoms with E-state index in [0.29, 0.717) is 35.1 Å². The highest BCUT2D eigenvalue weighted by Crippen LogP contribution is 2.35. The Bertz CT molecular complexity index is 819. The quantitative estimate of drug-likeness (QED) is 0.813. The molecule has 26 heavy (non-hydrogen) atoms. The molecule has 132 valence electrons. The topological polar surface area (TPSA) is 82.9 Å². The molecule has 3 aliphatic carbocycles. The van der Waals surface area contributed by atoms with Crippen molar-refractivity contribution in [3.8, 4) is 0 Å². The van der Waals surface area contributed by atoms with Crippen LogP contribution in [0, 0.1) is 0 Å². The van der Waals surface area contributed by atoms with Gasteiger partial charge in [-0.2, -0.15) is 0 Å². The Morgan fingerprint density at radius 2 is 1.19 bits per heavy atom. The molecule has 0 unspecified atom stereocenters. The van der Waals surface area contributed by atoms with Crippen LogP contribution in [0.1, 0.15) is 12.8 Å². The highest BCUT2D eigenvalue weighted by Gasteiger charge is 2.37.